The highest BCUT2D eigenvalue weighted by Gasteiger charge is 2.21. The van der Waals surface area contributed by atoms with Crippen molar-refractivity contribution in [2.75, 3.05) is 31.8 Å². The molecule has 2 N–H and O–H groups in total. The molecule has 0 aromatic heterocycles. The molecule has 0 unspecified atom stereocenters. The molecule has 1 heterocycles. The number of sulfonamides is 1. The van der Waals surface area contributed by atoms with Gasteiger partial charge in [-0.25, -0.2) is 13.1 Å². The summed E-state index contributed by atoms with van der Waals surface area (Å²) in [5.41, 5.74) is 2.12. The molecule has 1 aliphatic rings. The average Bonchev–Trinajstić information content (AvgIpc) is 3.29. The number of benzene rings is 2. The van der Waals surface area contributed by atoms with E-state index < -0.39 is 16.1 Å². The van der Waals surface area contributed by atoms with Gasteiger partial charge < -0.3 is 15.0 Å². The van der Waals surface area contributed by atoms with Crippen molar-refractivity contribution in [3.05, 3.63) is 59.7 Å². The van der Waals surface area contributed by atoms with E-state index in [0.717, 1.165) is 37.8 Å². The number of methoxy groups -OCH3 is 1. The van der Waals surface area contributed by atoms with Crippen molar-refractivity contribution in [3.63, 3.8) is 0 Å². The van der Waals surface area contributed by atoms with Crippen molar-refractivity contribution < 1.29 is 22.7 Å². The van der Waals surface area contributed by atoms with Crippen LogP contribution in [0.2, 0.25) is 0 Å². The number of hydrogen-bond donors (Lipinski definition) is 2. The van der Waals surface area contributed by atoms with Gasteiger partial charge in [0.2, 0.25) is 21.8 Å². The maximum Gasteiger partial charge on any atom is 0.226 e. The summed E-state index contributed by atoms with van der Waals surface area (Å²) in [5, 5.41) is 2.79. The smallest absolute Gasteiger partial charge is 0.226 e. The number of carbonyl (C=O) groups is 2. The fraction of sp³-hybridized carbons (Fsp3) is 0.391. The Morgan fingerprint density at radius 1 is 1.03 bits per heavy atom. The van der Waals surface area contributed by atoms with E-state index in [4.69, 9.17) is 4.74 Å². The third kappa shape index (κ3) is 7.06. The van der Waals surface area contributed by atoms with Crippen LogP contribution in [0.4, 0.5) is 5.69 Å². The minimum atomic E-state index is -3.53. The van der Waals surface area contributed by atoms with Crippen molar-refractivity contribution >= 4 is 27.5 Å². The van der Waals surface area contributed by atoms with Gasteiger partial charge >= 0.3 is 0 Å². The molecule has 0 aliphatic carbocycles. The van der Waals surface area contributed by atoms with Crippen molar-refractivity contribution in [1.29, 1.82) is 0 Å². The Labute approximate surface area is 189 Å². The summed E-state index contributed by atoms with van der Waals surface area (Å²) < 4.78 is 31.2. The first-order valence-corrected chi connectivity index (χ1v) is 12.4. The SMILES string of the molecule is COc1ccc([C@H](CC(=O)Nc2ccc(CC(=O)N3CCCC3)cc2)NS(C)(=O)=O)cc1. The molecule has 32 heavy (non-hydrogen) atoms. The highest BCUT2D eigenvalue weighted by molar-refractivity contribution is 7.88. The third-order valence-electron chi connectivity index (χ3n) is 5.32. The quantitative estimate of drug-likeness (QED) is 0.599. The van der Waals surface area contributed by atoms with Gasteiger partial charge in [0.05, 0.1) is 25.8 Å². The molecule has 0 saturated carbocycles. The number of anilines is 1. The summed E-state index contributed by atoms with van der Waals surface area (Å²) in [6.45, 7) is 1.65. The Kier molecular flexibility index (Phi) is 7.87. The molecule has 9 heteroatoms. The summed E-state index contributed by atoms with van der Waals surface area (Å²) in [6.07, 6.45) is 3.44. The van der Waals surface area contributed by atoms with Crippen LogP contribution in [0.5, 0.6) is 5.75 Å². The zero-order valence-corrected chi connectivity index (χ0v) is 19.2. The van der Waals surface area contributed by atoms with Gasteiger partial charge in [-0.1, -0.05) is 24.3 Å². The van der Waals surface area contributed by atoms with E-state index in [0.29, 0.717) is 23.4 Å². The fourth-order valence-electron chi connectivity index (χ4n) is 3.68. The van der Waals surface area contributed by atoms with E-state index in [1.807, 2.05) is 17.0 Å². The van der Waals surface area contributed by atoms with Gasteiger partial charge in [0.25, 0.3) is 0 Å². The number of ether oxygens (including phenoxy) is 1. The second kappa shape index (κ2) is 10.6. The predicted molar refractivity (Wildman–Crippen MR) is 123 cm³/mol. The van der Waals surface area contributed by atoms with E-state index in [2.05, 4.69) is 10.0 Å². The monoisotopic (exact) mass is 459 g/mol. The lowest BCUT2D eigenvalue weighted by Crippen LogP contribution is -2.30. The summed E-state index contributed by atoms with van der Waals surface area (Å²) in [4.78, 5) is 26.8. The maximum atomic E-state index is 12.6. The molecule has 2 aromatic carbocycles. The molecule has 1 aliphatic heterocycles. The summed E-state index contributed by atoms with van der Waals surface area (Å²) in [7, 11) is -1.98. The Morgan fingerprint density at radius 2 is 1.66 bits per heavy atom. The zero-order chi connectivity index (χ0) is 23.1. The van der Waals surface area contributed by atoms with Gasteiger partial charge in [-0.2, -0.15) is 0 Å². The van der Waals surface area contributed by atoms with Gasteiger partial charge in [-0.3, -0.25) is 9.59 Å². The molecule has 0 radical (unpaired) electrons. The number of nitrogens with one attached hydrogen (secondary N) is 2. The Hall–Kier alpha value is -2.91. The minimum absolute atomic E-state index is 0.0748. The topological polar surface area (TPSA) is 105 Å². The van der Waals surface area contributed by atoms with Crippen LogP contribution in [0.25, 0.3) is 0 Å². The second-order valence-electron chi connectivity index (χ2n) is 7.93. The van der Waals surface area contributed by atoms with Crippen molar-refractivity contribution in [2.24, 2.45) is 0 Å². The number of amides is 2. The summed E-state index contributed by atoms with van der Waals surface area (Å²) >= 11 is 0. The minimum Gasteiger partial charge on any atom is -0.497 e. The van der Waals surface area contributed by atoms with E-state index in [-0.39, 0.29) is 18.2 Å². The zero-order valence-electron chi connectivity index (χ0n) is 18.3. The lowest BCUT2D eigenvalue weighted by Gasteiger charge is -2.18. The Bertz CT molecular complexity index is 1030. The highest BCUT2D eigenvalue weighted by Crippen LogP contribution is 2.22. The van der Waals surface area contributed by atoms with E-state index in [1.54, 1.807) is 43.5 Å². The number of rotatable bonds is 9. The van der Waals surface area contributed by atoms with E-state index >= 15 is 0 Å². The lowest BCUT2D eigenvalue weighted by atomic mass is 10.0. The normalized spacial score (nSPS) is 14.8. The molecule has 1 saturated heterocycles. The van der Waals surface area contributed by atoms with Crippen molar-refractivity contribution in [2.45, 2.75) is 31.7 Å². The largest absolute Gasteiger partial charge is 0.497 e. The number of hydrogen-bond acceptors (Lipinski definition) is 5. The lowest BCUT2D eigenvalue weighted by molar-refractivity contribution is -0.129. The standard InChI is InChI=1S/C23H29N3O5S/c1-31-20-11-7-18(8-12-20)21(25-32(2,29)30)16-22(27)24-19-9-5-17(6-10-19)15-23(28)26-13-3-4-14-26/h5-12,21,25H,3-4,13-16H2,1-2H3,(H,24,27)/t21-/m0/s1. The van der Waals surface area contributed by atoms with Crippen LogP contribution in [-0.2, 0) is 26.0 Å². The first kappa shape index (κ1) is 23.7. The Balaban J connectivity index is 1.61. The molecular weight excluding hydrogens is 430 g/mol. The van der Waals surface area contributed by atoms with Crippen LogP contribution in [-0.4, -0.2) is 51.6 Å². The molecule has 2 amide bonds. The van der Waals surface area contributed by atoms with Crippen LogP contribution in [0.15, 0.2) is 48.5 Å². The number of nitrogens with zero attached hydrogens (tertiary/aromatic N) is 1. The second-order valence-corrected chi connectivity index (χ2v) is 9.71. The van der Waals surface area contributed by atoms with Crippen molar-refractivity contribution in [1.82, 2.24) is 9.62 Å². The molecule has 1 fully saturated rings. The Morgan fingerprint density at radius 3 is 2.22 bits per heavy atom. The van der Waals surface area contributed by atoms with E-state index in [1.165, 1.54) is 0 Å². The van der Waals surface area contributed by atoms with Gasteiger partial charge in [-0.15, -0.1) is 0 Å². The molecule has 8 nitrogen and oxygen atoms in total. The van der Waals surface area contributed by atoms with Gasteiger partial charge in [-0.05, 0) is 48.2 Å². The molecule has 1 atom stereocenters. The van der Waals surface area contributed by atoms with Crippen LogP contribution < -0.4 is 14.8 Å². The average molecular weight is 460 g/mol. The third-order valence-corrected chi connectivity index (χ3v) is 6.03. The van der Waals surface area contributed by atoms with Gasteiger partial charge in [0.1, 0.15) is 5.75 Å². The highest BCUT2D eigenvalue weighted by atomic mass is 32.2. The number of likely N-dealkylation sites (tertiary alicyclic amines) is 1. The molecule has 172 valence electrons. The van der Waals surface area contributed by atoms with E-state index in [9.17, 15) is 18.0 Å². The molecule has 0 bridgehead atoms. The first-order chi connectivity index (χ1) is 15.2. The van der Waals surface area contributed by atoms with Gasteiger partial charge in [0.15, 0.2) is 0 Å². The van der Waals surface area contributed by atoms with Gasteiger partial charge in [0, 0.05) is 25.2 Å². The van der Waals surface area contributed by atoms with Crippen LogP contribution in [0.1, 0.15) is 36.4 Å². The van der Waals surface area contributed by atoms with Crippen LogP contribution in [0, 0.1) is 0 Å². The fourth-order valence-corrected chi connectivity index (χ4v) is 4.41. The predicted octanol–water partition coefficient (Wildman–Crippen LogP) is 2.48. The first-order valence-electron chi connectivity index (χ1n) is 10.5. The van der Waals surface area contributed by atoms with Crippen LogP contribution >= 0.6 is 0 Å². The molecule has 2 aromatic rings. The molecule has 0 spiro atoms. The van der Waals surface area contributed by atoms with Crippen molar-refractivity contribution in [3.8, 4) is 5.75 Å². The van der Waals surface area contributed by atoms with Crippen LogP contribution in [0.3, 0.4) is 0 Å². The maximum absolute atomic E-state index is 12.6. The number of carbonyl (C=O) groups excluding carboxylic acids is 2. The molecular formula is C23H29N3O5S. The summed E-state index contributed by atoms with van der Waals surface area (Å²) in [6, 6.07) is 13.3. The summed E-state index contributed by atoms with van der Waals surface area (Å²) in [5.74, 6) is 0.427. The molecule has 3 rings (SSSR count).